The van der Waals surface area contributed by atoms with Crippen LogP contribution in [0.2, 0.25) is 0 Å². The Labute approximate surface area is 114 Å². The third-order valence-electron chi connectivity index (χ3n) is 3.03. The minimum Gasteiger partial charge on any atom is -0.393 e. The van der Waals surface area contributed by atoms with Gasteiger partial charge in [0.25, 0.3) is 5.56 Å². The summed E-state index contributed by atoms with van der Waals surface area (Å²) in [6.45, 7) is 4.12. The van der Waals surface area contributed by atoms with Crippen molar-refractivity contribution in [3.63, 3.8) is 0 Å². The van der Waals surface area contributed by atoms with E-state index in [2.05, 4.69) is 38.9 Å². The van der Waals surface area contributed by atoms with Gasteiger partial charge in [0, 0.05) is 0 Å². The molecule has 20 heavy (non-hydrogen) atoms. The van der Waals surface area contributed by atoms with Gasteiger partial charge in [0.05, 0.1) is 12.0 Å². The molecule has 0 fully saturated rings. The molecule has 0 unspecified atom stereocenters. The lowest BCUT2D eigenvalue weighted by atomic mass is 10.1. The minimum atomic E-state index is -0.310. The van der Waals surface area contributed by atoms with Crippen molar-refractivity contribution in [2.45, 2.75) is 20.3 Å². The minimum absolute atomic E-state index is 0.227. The molecule has 0 aliphatic carbocycles. The first-order valence-corrected chi connectivity index (χ1v) is 6.31. The predicted molar refractivity (Wildman–Crippen MR) is 74.6 cm³/mol. The molecule has 0 saturated heterocycles. The molecule has 0 atom stereocenters. The number of nitrogens with one attached hydrogen (secondary N) is 2. The average molecular weight is 273 g/mol. The summed E-state index contributed by atoms with van der Waals surface area (Å²) in [5, 5.41) is 3.02. The quantitative estimate of drug-likeness (QED) is 0.646. The van der Waals surface area contributed by atoms with Crippen LogP contribution < -0.4 is 11.3 Å². The van der Waals surface area contributed by atoms with Crippen LogP contribution in [0.5, 0.6) is 0 Å². The first-order chi connectivity index (χ1) is 9.58. The molecule has 4 N–H and O–H groups in total. The monoisotopic (exact) mass is 273 g/mol. The third-order valence-corrected chi connectivity index (χ3v) is 3.03. The standard InChI is InChI=1S/C12H15N7O/c1-6(2)3-7-8(13)12(20)19(18-7)11-9-10(15-4-14-9)16-5-17-11/h4-6,18H,3,13H2,1-2H3,(H,14,15,16,17). The number of anilines is 1. The summed E-state index contributed by atoms with van der Waals surface area (Å²) in [4.78, 5) is 27.4. The van der Waals surface area contributed by atoms with E-state index in [0.29, 0.717) is 29.3 Å². The lowest BCUT2D eigenvalue weighted by Crippen LogP contribution is -2.18. The molecule has 0 aliphatic heterocycles. The molecule has 8 nitrogen and oxygen atoms in total. The second kappa shape index (κ2) is 4.48. The van der Waals surface area contributed by atoms with Crippen molar-refractivity contribution < 1.29 is 0 Å². The largest absolute Gasteiger partial charge is 0.393 e. The second-order valence-corrected chi connectivity index (χ2v) is 5.04. The smallest absolute Gasteiger partial charge is 0.296 e. The maximum atomic E-state index is 12.2. The maximum absolute atomic E-state index is 12.2. The van der Waals surface area contributed by atoms with E-state index >= 15 is 0 Å². The van der Waals surface area contributed by atoms with Gasteiger partial charge in [0.15, 0.2) is 11.5 Å². The van der Waals surface area contributed by atoms with E-state index in [9.17, 15) is 4.79 Å². The zero-order valence-corrected chi connectivity index (χ0v) is 11.2. The molecule has 3 rings (SSSR count). The van der Waals surface area contributed by atoms with Crippen molar-refractivity contribution >= 4 is 16.9 Å². The van der Waals surface area contributed by atoms with Crippen LogP contribution in [0.1, 0.15) is 19.5 Å². The van der Waals surface area contributed by atoms with Crippen molar-refractivity contribution in [2.75, 3.05) is 5.73 Å². The molecule has 0 saturated carbocycles. The van der Waals surface area contributed by atoms with Gasteiger partial charge in [-0.05, 0) is 12.3 Å². The molecule has 8 heteroatoms. The number of fused-ring (bicyclic) bond motifs is 1. The normalized spacial score (nSPS) is 11.6. The van der Waals surface area contributed by atoms with Crippen LogP contribution in [0, 0.1) is 5.92 Å². The Morgan fingerprint density at radius 1 is 1.35 bits per heavy atom. The predicted octanol–water partition coefficient (Wildman–Crippen LogP) is 0.613. The Balaban J connectivity index is 2.20. The summed E-state index contributed by atoms with van der Waals surface area (Å²) in [5.74, 6) is 0.806. The molecular formula is C12H15N7O. The van der Waals surface area contributed by atoms with Gasteiger partial charge in [-0.3, -0.25) is 9.89 Å². The first kappa shape index (κ1) is 12.4. The number of imidazole rings is 1. The van der Waals surface area contributed by atoms with Crippen LogP contribution in [0.4, 0.5) is 5.69 Å². The van der Waals surface area contributed by atoms with Crippen molar-refractivity contribution in [3.05, 3.63) is 28.7 Å². The lowest BCUT2D eigenvalue weighted by Gasteiger charge is -2.03. The van der Waals surface area contributed by atoms with Crippen LogP contribution in [0.15, 0.2) is 17.4 Å². The number of aromatic nitrogens is 6. The van der Waals surface area contributed by atoms with Gasteiger partial charge < -0.3 is 10.7 Å². The Morgan fingerprint density at radius 2 is 2.15 bits per heavy atom. The molecule has 0 aromatic carbocycles. The molecule has 3 aromatic heterocycles. The highest BCUT2D eigenvalue weighted by atomic mass is 16.1. The maximum Gasteiger partial charge on any atom is 0.296 e. The molecule has 3 heterocycles. The van der Waals surface area contributed by atoms with Gasteiger partial charge in [0.2, 0.25) is 0 Å². The Bertz CT molecular complexity index is 811. The Kier molecular flexibility index (Phi) is 2.78. The fourth-order valence-electron chi connectivity index (χ4n) is 2.13. The van der Waals surface area contributed by atoms with E-state index in [4.69, 9.17) is 5.73 Å². The summed E-state index contributed by atoms with van der Waals surface area (Å²) in [7, 11) is 0. The van der Waals surface area contributed by atoms with Gasteiger partial charge in [-0.1, -0.05) is 13.8 Å². The highest BCUT2D eigenvalue weighted by molar-refractivity contribution is 5.77. The molecule has 104 valence electrons. The fraction of sp³-hybridized carbons (Fsp3) is 0.333. The summed E-state index contributed by atoms with van der Waals surface area (Å²) in [6.07, 6.45) is 3.57. The highest BCUT2D eigenvalue weighted by Gasteiger charge is 2.16. The number of nitrogens with zero attached hydrogens (tertiary/aromatic N) is 4. The SMILES string of the molecule is CC(C)Cc1[nH]n(-c2ncnc3nc[nH]c23)c(=O)c1N. The van der Waals surface area contributed by atoms with E-state index in [1.165, 1.54) is 17.3 Å². The third kappa shape index (κ3) is 1.85. The summed E-state index contributed by atoms with van der Waals surface area (Å²) in [5.41, 5.74) is 7.60. The van der Waals surface area contributed by atoms with E-state index in [0.717, 1.165) is 5.69 Å². The zero-order chi connectivity index (χ0) is 14.3. The van der Waals surface area contributed by atoms with Crippen molar-refractivity contribution in [1.29, 1.82) is 0 Å². The van der Waals surface area contributed by atoms with E-state index < -0.39 is 0 Å². The molecule has 0 radical (unpaired) electrons. The molecule has 0 spiro atoms. The van der Waals surface area contributed by atoms with Gasteiger partial charge in [-0.2, -0.15) is 4.68 Å². The van der Waals surface area contributed by atoms with Crippen LogP contribution in [-0.2, 0) is 6.42 Å². The number of aromatic amines is 2. The molecule has 0 amide bonds. The Morgan fingerprint density at radius 3 is 2.90 bits per heavy atom. The van der Waals surface area contributed by atoms with E-state index in [1.54, 1.807) is 0 Å². The average Bonchev–Trinajstić information content (AvgIpc) is 2.98. The highest BCUT2D eigenvalue weighted by Crippen LogP contribution is 2.15. The van der Waals surface area contributed by atoms with Crippen molar-refractivity contribution in [3.8, 4) is 5.82 Å². The summed E-state index contributed by atoms with van der Waals surface area (Å²) >= 11 is 0. The molecule has 0 bridgehead atoms. The second-order valence-electron chi connectivity index (χ2n) is 5.04. The van der Waals surface area contributed by atoms with Crippen molar-refractivity contribution in [1.82, 2.24) is 29.7 Å². The number of hydrogen-bond acceptors (Lipinski definition) is 5. The van der Waals surface area contributed by atoms with Crippen LogP contribution in [0.3, 0.4) is 0 Å². The lowest BCUT2D eigenvalue weighted by molar-refractivity contribution is 0.627. The fourth-order valence-corrected chi connectivity index (χ4v) is 2.13. The molecule has 0 aliphatic rings. The number of H-pyrrole nitrogens is 2. The topological polar surface area (TPSA) is 118 Å². The van der Waals surface area contributed by atoms with Gasteiger partial charge in [-0.25, -0.2) is 15.0 Å². The number of nitrogens with two attached hydrogens (primary N) is 1. The molecule has 3 aromatic rings. The summed E-state index contributed by atoms with van der Waals surface area (Å²) in [6, 6.07) is 0. The summed E-state index contributed by atoms with van der Waals surface area (Å²) < 4.78 is 1.33. The van der Waals surface area contributed by atoms with Gasteiger partial charge in [-0.15, -0.1) is 0 Å². The van der Waals surface area contributed by atoms with Gasteiger partial charge >= 0.3 is 0 Å². The van der Waals surface area contributed by atoms with Crippen molar-refractivity contribution in [2.24, 2.45) is 5.92 Å². The number of hydrogen-bond donors (Lipinski definition) is 3. The Hall–Kier alpha value is -2.64. The van der Waals surface area contributed by atoms with Crippen LogP contribution >= 0.6 is 0 Å². The number of nitrogen functional groups attached to an aromatic ring is 1. The zero-order valence-electron chi connectivity index (χ0n) is 11.2. The molecular weight excluding hydrogens is 258 g/mol. The first-order valence-electron chi connectivity index (χ1n) is 6.31. The number of rotatable bonds is 3. The van der Waals surface area contributed by atoms with Crippen LogP contribution in [-0.4, -0.2) is 29.7 Å². The van der Waals surface area contributed by atoms with E-state index in [-0.39, 0.29) is 11.2 Å². The van der Waals surface area contributed by atoms with Crippen LogP contribution in [0.25, 0.3) is 17.0 Å². The van der Waals surface area contributed by atoms with Gasteiger partial charge in [0.1, 0.15) is 17.5 Å². The van der Waals surface area contributed by atoms with E-state index in [1.807, 2.05) is 0 Å².